The van der Waals surface area contributed by atoms with Crippen LogP contribution in [0, 0.1) is 17.0 Å². The number of hydrogen-bond donors (Lipinski definition) is 1. The Morgan fingerprint density at radius 3 is 2.67 bits per heavy atom. The zero-order valence-electron chi connectivity index (χ0n) is 11.2. The standard InChI is InChI=1S/C13H11N3O4S/c1-7-5-12(18)15-13(14-7)21-11-4-3-9(8(2)17)6-10(11)16(19)20/h3-6H,1-2H3,(H,14,15,18). The third-order valence-corrected chi connectivity index (χ3v) is 3.57. The van der Waals surface area contributed by atoms with Gasteiger partial charge in [0.1, 0.15) is 0 Å². The van der Waals surface area contributed by atoms with Crippen molar-refractivity contribution in [2.75, 3.05) is 0 Å². The minimum atomic E-state index is -0.567. The van der Waals surface area contributed by atoms with Crippen molar-refractivity contribution in [3.63, 3.8) is 0 Å². The number of benzene rings is 1. The Kier molecular flexibility index (Phi) is 4.18. The third kappa shape index (κ3) is 3.54. The van der Waals surface area contributed by atoms with E-state index in [0.717, 1.165) is 11.8 Å². The minimum absolute atomic E-state index is 0.197. The molecule has 0 aliphatic carbocycles. The van der Waals surface area contributed by atoms with Crippen LogP contribution in [-0.2, 0) is 0 Å². The van der Waals surface area contributed by atoms with Gasteiger partial charge in [-0.25, -0.2) is 4.98 Å². The first-order valence-corrected chi connectivity index (χ1v) is 6.73. The van der Waals surface area contributed by atoms with Crippen molar-refractivity contribution in [3.8, 4) is 0 Å². The lowest BCUT2D eigenvalue weighted by molar-refractivity contribution is -0.387. The smallest absolute Gasteiger partial charge is 0.284 e. The van der Waals surface area contributed by atoms with E-state index >= 15 is 0 Å². The predicted octanol–water partition coefficient (Wildman–Crippen LogP) is 2.34. The first kappa shape index (κ1) is 14.9. The zero-order chi connectivity index (χ0) is 15.6. The molecule has 2 aromatic rings. The number of nitro groups is 1. The molecule has 0 spiro atoms. The Hall–Kier alpha value is -2.48. The number of hydrogen-bond acceptors (Lipinski definition) is 6. The topological polar surface area (TPSA) is 106 Å². The SMILES string of the molecule is CC(=O)c1ccc(Sc2nc(C)cc(=O)[nH]2)c([N+](=O)[O-])c1. The summed E-state index contributed by atoms with van der Waals surface area (Å²) in [7, 11) is 0. The van der Waals surface area contributed by atoms with Crippen LogP contribution < -0.4 is 5.56 Å². The summed E-state index contributed by atoms with van der Waals surface area (Å²) in [5, 5.41) is 11.4. The molecule has 0 aliphatic rings. The molecule has 0 amide bonds. The fourth-order valence-electron chi connectivity index (χ4n) is 1.67. The van der Waals surface area contributed by atoms with Gasteiger partial charge in [-0.1, -0.05) is 0 Å². The van der Waals surface area contributed by atoms with E-state index < -0.39 is 4.92 Å². The Morgan fingerprint density at radius 2 is 2.10 bits per heavy atom. The number of carbonyl (C=O) groups is 1. The van der Waals surface area contributed by atoms with Gasteiger partial charge in [0.25, 0.3) is 11.2 Å². The third-order valence-electron chi connectivity index (χ3n) is 2.62. The quantitative estimate of drug-likeness (QED) is 0.402. The van der Waals surface area contributed by atoms with Crippen LogP contribution in [0.25, 0.3) is 0 Å². The predicted molar refractivity (Wildman–Crippen MR) is 76.8 cm³/mol. The van der Waals surface area contributed by atoms with Gasteiger partial charge in [-0.2, -0.15) is 0 Å². The Labute approximate surface area is 123 Å². The van der Waals surface area contributed by atoms with Crippen molar-refractivity contribution < 1.29 is 9.72 Å². The van der Waals surface area contributed by atoms with Gasteiger partial charge in [-0.3, -0.25) is 19.7 Å². The summed E-state index contributed by atoms with van der Waals surface area (Å²) in [5.74, 6) is -0.253. The lowest BCUT2D eigenvalue weighted by atomic mass is 10.1. The molecule has 1 heterocycles. The highest BCUT2D eigenvalue weighted by Crippen LogP contribution is 2.33. The highest BCUT2D eigenvalue weighted by atomic mass is 32.2. The Bertz CT molecular complexity index is 785. The van der Waals surface area contributed by atoms with E-state index in [-0.39, 0.29) is 27.7 Å². The molecule has 1 aromatic heterocycles. The van der Waals surface area contributed by atoms with E-state index in [1.165, 1.54) is 31.2 Å². The molecule has 0 saturated carbocycles. The molecule has 21 heavy (non-hydrogen) atoms. The van der Waals surface area contributed by atoms with Crippen molar-refractivity contribution in [2.45, 2.75) is 23.9 Å². The zero-order valence-corrected chi connectivity index (χ0v) is 12.1. The van der Waals surface area contributed by atoms with Crippen LogP contribution in [0.3, 0.4) is 0 Å². The maximum absolute atomic E-state index is 11.4. The van der Waals surface area contributed by atoms with Gasteiger partial charge in [-0.05, 0) is 37.7 Å². The average Bonchev–Trinajstić information content (AvgIpc) is 2.37. The molecule has 7 nitrogen and oxygen atoms in total. The normalized spacial score (nSPS) is 10.4. The summed E-state index contributed by atoms with van der Waals surface area (Å²) >= 11 is 0.972. The van der Waals surface area contributed by atoms with Gasteiger partial charge >= 0.3 is 0 Å². The van der Waals surface area contributed by atoms with E-state index in [2.05, 4.69) is 9.97 Å². The number of rotatable bonds is 4. The van der Waals surface area contributed by atoms with E-state index in [9.17, 15) is 19.7 Å². The minimum Gasteiger partial charge on any atom is -0.301 e. The molecule has 0 aliphatic heterocycles. The van der Waals surface area contributed by atoms with Crippen LogP contribution in [0.15, 0.2) is 39.1 Å². The fourth-order valence-corrected chi connectivity index (χ4v) is 2.59. The molecule has 0 saturated heterocycles. The summed E-state index contributed by atoms with van der Waals surface area (Å²) < 4.78 is 0. The number of ketones is 1. The number of aryl methyl sites for hydroxylation is 1. The van der Waals surface area contributed by atoms with Crippen molar-refractivity contribution in [2.24, 2.45) is 0 Å². The second-order valence-corrected chi connectivity index (χ2v) is 5.32. The van der Waals surface area contributed by atoms with Gasteiger partial charge in [0, 0.05) is 23.4 Å². The fraction of sp³-hybridized carbons (Fsp3) is 0.154. The summed E-state index contributed by atoms with van der Waals surface area (Å²) in [4.78, 5) is 40.1. The number of Topliss-reactive ketones (excluding diaryl/α,β-unsaturated/α-hetero) is 1. The number of nitro benzene ring substituents is 1. The molecule has 1 aromatic carbocycles. The van der Waals surface area contributed by atoms with Gasteiger partial charge in [-0.15, -0.1) is 0 Å². The van der Waals surface area contributed by atoms with Crippen molar-refractivity contribution in [1.82, 2.24) is 9.97 Å². The van der Waals surface area contributed by atoms with Crippen LogP contribution in [0.4, 0.5) is 5.69 Å². The molecular weight excluding hydrogens is 294 g/mol. The van der Waals surface area contributed by atoms with Crippen molar-refractivity contribution in [3.05, 3.63) is 56.0 Å². The van der Waals surface area contributed by atoms with E-state index in [4.69, 9.17) is 0 Å². The highest BCUT2D eigenvalue weighted by molar-refractivity contribution is 7.99. The molecule has 1 N–H and O–H groups in total. The lowest BCUT2D eigenvalue weighted by Gasteiger charge is -2.04. The molecule has 0 unspecified atom stereocenters. The molecule has 2 rings (SSSR count). The van der Waals surface area contributed by atoms with Crippen LogP contribution in [0.5, 0.6) is 0 Å². The van der Waals surface area contributed by atoms with E-state index in [0.29, 0.717) is 10.6 Å². The largest absolute Gasteiger partial charge is 0.301 e. The monoisotopic (exact) mass is 305 g/mol. The molecule has 0 bridgehead atoms. The summed E-state index contributed by atoms with van der Waals surface area (Å²) in [6.07, 6.45) is 0. The summed E-state index contributed by atoms with van der Waals surface area (Å²) in [6, 6.07) is 5.53. The summed E-state index contributed by atoms with van der Waals surface area (Å²) in [5.41, 5.74) is 0.255. The number of nitrogens with one attached hydrogen (secondary N) is 1. The average molecular weight is 305 g/mol. The molecule has 0 fully saturated rings. The number of carbonyl (C=O) groups excluding carboxylic acids is 1. The molecular formula is C13H11N3O4S. The molecule has 0 radical (unpaired) electrons. The van der Waals surface area contributed by atoms with Crippen LogP contribution in [-0.4, -0.2) is 20.7 Å². The highest BCUT2D eigenvalue weighted by Gasteiger charge is 2.18. The first-order valence-electron chi connectivity index (χ1n) is 5.92. The molecule has 0 atom stereocenters. The van der Waals surface area contributed by atoms with Crippen LogP contribution >= 0.6 is 11.8 Å². The maximum Gasteiger partial charge on any atom is 0.284 e. The Morgan fingerprint density at radius 1 is 1.38 bits per heavy atom. The van der Waals surface area contributed by atoms with Crippen molar-refractivity contribution >= 4 is 23.2 Å². The van der Waals surface area contributed by atoms with Crippen molar-refractivity contribution in [1.29, 1.82) is 0 Å². The first-order chi connectivity index (χ1) is 9.86. The van der Waals surface area contributed by atoms with Gasteiger partial charge < -0.3 is 4.98 Å². The lowest BCUT2D eigenvalue weighted by Crippen LogP contribution is -2.08. The number of aromatic amines is 1. The Balaban J connectivity index is 2.46. The second kappa shape index (κ2) is 5.88. The van der Waals surface area contributed by atoms with Crippen LogP contribution in [0.2, 0.25) is 0 Å². The second-order valence-electron chi connectivity index (χ2n) is 4.29. The maximum atomic E-state index is 11.4. The number of H-pyrrole nitrogens is 1. The van der Waals surface area contributed by atoms with Crippen LogP contribution in [0.1, 0.15) is 23.0 Å². The number of aromatic nitrogens is 2. The van der Waals surface area contributed by atoms with Gasteiger partial charge in [0.15, 0.2) is 10.9 Å². The summed E-state index contributed by atoms with van der Waals surface area (Å²) in [6.45, 7) is 3.00. The molecule has 8 heteroatoms. The number of nitrogens with zero attached hydrogens (tertiary/aromatic N) is 2. The van der Waals surface area contributed by atoms with Gasteiger partial charge in [0.2, 0.25) is 0 Å². The van der Waals surface area contributed by atoms with Gasteiger partial charge in [0.05, 0.1) is 9.82 Å². The molecule has 108 valence electrons. The van der Waals surface area contributed by atoms with E-state index in [1.807, 2.05) is 0 Å². The van der Waals surface area contributed by atoms with E-state index in [1.54, 1.807) is 6.92 Å².